The van der Waals surface area contributed by atoms with Crippen molar-refractivity contribution in [3.8, 4) is 0 Å². The minimum atomic E-state index is 0.344. The van der Waals surface area contributed by atoms with Crippen LogP contribution in [0.3, 0.4) is 0 Å². The Labute approximate surface area is 143 Å². The molecule has 3 aliphatic rings. The second-order valence-electron chi connectivity index (χ2n) is 7.77. The number of fused-ring (bicyclic) bond motifs is 5. The third kappa shape index (κ3) is 2.27. The number of nitrogens with one attached hydrogen (secondary N) is 1. The summed E-state index contributed by atoms with van der Waals surface area (Å²) in [6.07, 6.45) is 3.75. The number of nitrogens with zero attached hydrogens (tertiary/aromatic N) is 3. The van der Waals surface area contributed by atoms with Crippen LogP contribution in [0.25, 0.3) is 0 Å². The molecule has 1 aromatic carbocycles. The van der Waals surface area contributed by atoms with E-state index in [9.17, 15) is 0 Å². The van der Waals surface area contributed by atoms with Crippen LogP contribution in [0, 0.1) is 0 Å². The van der Waals surface area contributed by atoms with Gasteiger partial charge in [0, 0.05) is 30.5 Å². The Morgan fingerprint density at radius 2 is 1.92 bits per heavy atom. The third-order valence-corrected chi connectivity index (χ3v) is 5.57. The van der Waals surface area contributed by atoms with Gasteiger partial charge in [-0.3, -0.25) is 0 Å². The van der Waals surface area contributed by atoms with E-state index >= 15 is 0 Å². The highest BCUT2D eigenvalue weighted by atomic mass is 15.3. The van der Waals surface area contributed by atoms with Crippen LogP contribution >= 0.6 is 0 Å². The van der Waals surface area contributed by atoms with Crippen LogP contribution in [-0.4, -0.2) is 22.6 Å². The molecule has 2 aromatic rings. The Hall–Kier alpha value is -2.10. The van der Waals surface area contributed by atoms with E-state index in [0.29, 0.717) is 23.9 Å². The van der Waals surface area contributed by atoms with Gasteiger partial charge in [0.1, 0.15) is 17.5 Å². The highest BCUT2D eigenvalue weighted by Gasteiger charge is 2.42. The Morgan fingerprint density at radius 1 is 1.12 bits per heavy atom. The number of hydrogen-bond acceptors (Lipinski definition) is 4. The molecular weight excluding hydrogens is 296 g/mol. The SMILES string of the molecule is CC(C)c1nc(NC2CC2)cc(N2C[C@H]3C[C@H]2c2ccccc23)n1. The molecule has 1 aromatic heterocycles. The maximum atomic E-state index is 4.91. The molecule has 2 fully saturated rings. The first-order valence-corrected chi connectivity index (χ1v) is 9.20. The monoisotopic (exact) mass is 320 g/mol. The first-order valence-electron chi connectivity index (χ1n) is 9.20. The van der Waals surface area contributed by atoms with Crippen LogP contribution in [0.5, 0.6) is 0 Å². The first kappa shape index (κ1) is 14.3. The van der Waals surface area contributed by atoms with Crippen molar-refractivity contribution >= 4 is 11.6 Å². The second kappa shape index (κ2) is 5.20. The number of rotatable bonds is 4. The van der Waals surface area contributed by atoms with E-state index in [0.717, 1.165) is 24.0 Å². The molecule has 2 atom stereocenters. The van der Waals surface area contributed by atoms with Gasteiger partial charge in [-0.05, 0) is 30.4 Å². The van der Waals surface area contributed by atoms with Crippen molar-refractivity contribution in [2.24, 2.45) is 0 Å². The quantitative estimate of drug-likeness (QED) is 0.915. The summed E-state index contributed by atoms with van der Waals surface area (Å²) in [6, 6.07) is 12.2. The predicted molar refractivity (Wildman–Crippen MR) is 96.7 cm³/mol. The van der Waals surface area contributed by atoms with E-state index in [1.165, 1.54) is 24.8 Å². The molecule has 0 radical (unpaired) electrons. The van der Waals surface area contributed by atoms with E-state index in [1.54, 1.807) is 5.56 Å². The third-order valence-electron chi connectivity index (χ3n) is 5.57. The summed E-state index contributed by atoms with van der Waals surface area (Å²) < 4.78 is 0. The number of aromatic nitrogens is 2. The number of benzene rings is 1. The van der Waals surface area contributed by atoms with Gasteiger partial charge in [0.05, 0.1) is 6.04 Å². The maximum absolute atomic E-state index is 4.91. The smallest absolute Gasteiger partial charge is 0.135 e. The van der Waals surface area contributed by atoms with Gasteiger partial charge in [-0.25, -0.2) is 9.97 Å². The average molecular weight is 320 g/mol. The molecule has 2 heterocycles. The van der Waals surface area contributed by atoms with Crippen LogP contribution in [0.15, 0.2) is 30.3 Å². The molecule has 1 N–H and O–H groups in total. The van der Waals surface area contributed by atoms with Crippen molar-refractivity contribution in [1.29, 1.82) is 0 Å². The zero-order chi connectivity index (χ0) is 16.3. The topological polar surface area (TPSA) is 41.1 Å². The summed E-state index contributed by atoms with van der Waals surface area (Å²) in [4.78, 5) is 12.1. The first-order chi connectivity index (χ1) is 11.7. The van der Waals surface area contributed by atoms with Crippen molar-refractivity contribution in [3.63, 3.8) is 0 Å². The van der Waals surface area contributed by atoms with Crippen LogP contribution < -0.4 is 10.2 Å². The van der Waals surface area contributed by atoms with Gasteiger partial charge in [-0.2, -0.15) is 0 Å². The lowest BCUT2D eigenvalue weighted by Gasteiger charge is -2.30. The molecule has 1 saturated heterocycles. The van der Waals surface area contributed by atoms with Gasteiger partial charge in [0.15, 0.2) is 0 Å². The molecule has 0 spiro atoms. The highest BCUT2D eigenvalue weighted by Crippen LogP contribution is 2.51. The molecule has 24 heavy (non-hydrogen) atoms. The van der Waals surface area contributed by atoms with Crippen molar-refractivity contribution in [2.45, 2.75) is 57.0 Å². The molecule has 1 aliphatic heterocycles. The molecule has 4 nitrogen and oxygen atoms in total. The fraction of sp³-hybridized carbons (Fsp3) is 0.500. The van der Waals surface area contributed by atoms with Crippen molar-refractivity contribution in [1.82, 2.24) is 9.97 Å². The van der Waals surface area contributed by atoms with Crippen molar-refractivity contribution in [3.05, 3.63) is 47.3 Å². The maximum Gasteiger partial charge on any atom is 0.135 e. The molecular formula is C20H24N4. The fourth-order valence-corrected chi connectivity index (χ4v) is 4.16. The summed E-state index contributed by atoms with van der Waals surface area (Å²) in [5, 5.41) is 3.56. The van der Waals surface area contributed by atoms with Crippen LogP contribution in [0.4, 0.5) is 11.6 Å². The van der Waals surface area contributed by atoms with Gasteiger partial charge in [-0.1, -0.05) is 38.1 Å². The van der Waals surface area contributed by atoms with Gasteiger partial charge in [-0.15, -0.1) is 0 Å². The predicted octanol–water partition coefficient (Wildman–Crippen LogP) is 4.22. The molecule has 4 heteroatoms. The van der Waals surface area contributed by atoms with E-state index in [-0.39, 0.29) is 0 Å². The van der Waals surface area contributed by atoms with Crippen LogP contribution in [0.1, 0.15) is 67.9 Å². The average Bonchev–Trinajstić information content (AvgIpc) is 3.19. The number of hydrogen-bond donors (Lipinski definition) is 1. The van der Waals surface area contributed by atoms with Crippen LogP contribution in [0.2, 0.25) is 0 Å². The zero-order valence-electron chi connectivity index (χ0n) is 14.4. The molecule has 124 valence electrons. The van der Waals surface area contributed by atoms with Crippen LogP contribution in [-0.2, 0) is 0 Å². The highest BCUT2D eigenvalue weighted by molar-refractivity contribution is 5.57. The summed E-state index contributed by atoms with van der Waals surface area (Å²) in [7, 11) is 0. The zero-order valence-corrected chi connectivity index (χ0v) is 14.4. The summed E-state index contributed by atoms with van der Waals surface area (Å²) in [6.45, 7) is 5.43. The van der Waals surface area contributed by atoms with Crippen molar-refractivity contribution < 1.29 is 0 Å². The van der Waals surface area contributed by atoms with E-state index < -0.39 is 0 Å². The second-order valence-corrected chi connectivity index (χ2v) is 7.77. The van der Waals surface area contributed by atoms with E-state index in [2.05, 4.69) is 54.4 Å². The summed E-state index contributed by atoms with van der Waals surface area (Å²) in [5.41, 5.74) is 3.04. The molecule has 0 unspecified atom stereocenters. The standard InChI is InChI=1S/C20H24N4/c1-12(2)20-22-18(21-14-7-8-14)10-19(23-20)24-11-13-9-17(24)16-6-4-3-5-15(13)16/h3-6,10,12-14,17H,7-9,11H2,1-2H3,(H,21,22,23)/t13-,17+/m1/s1. The van der Waals surface area contributed by atoms with E-state index in [4.69, 9.17) is 9.97 Å². The van der Waals surface area contributed by atoms with Crippen molar-refractivity contribution in [2.75, 3.05) is 16.8 Å². The molecule has 5 rings (SSSR count). The van der Waals surface area contributed by atoms with Gasteiger partial charge in [0.2, 0.25) is 0 Å². The minimum Gasteiger partial charge on any atom is -0.367 e. The van der Waals surface area contributed by atoms with E-state index in [1.807, 2.05) is 0 Å². The molecule has 1 saturated carbocycles. The Balaban J connectivity index is 1.52. The molecule has 2 aliphatic carbocycles. The Morgan fingerprint density at radius 3 is 2.67 bits per heavy atom. The Kier molecular flexibility index (Phi) is 3.09. The number of anilines is 2. The molecule has 0 amide bonds. The normalized spacial score (nSPS) is 24.5. The largest absolute Gasteiger partial charge is 0.367 e. The lowest BCUT2D eigenvalue weighted by atomic mass is 9.99. The minimum absolute atomic E-state index is 0.344. The van der Waals surface area contributed by atoms with Gasteiger partial charge < -0.3 is 10.2 Å². The summed E-state index contributed by atoms with van der Waals surface area (Å²) >= 11 is 0. The molecule has 2 bridgehead atoms. The Bertz CT molecular complexity index is 781. The lowest BCUT2D eigenvalue weighted by Crippen LogP contribution is -2.28. The van der Waals surface area contributed by atoms with Gasteiger partial charge >= 0.3 is 0 Å². The van der Waals surface area contributed by atoms with Gasteiger partial charge in [0.25, 0.3) is 0 Å². The lowest BCUT2D eigenvalue weighted by molar-refractivity contribution is 0.709. The fourth-order valence-electron chi connectivity index (χ4n) is 4.16. The summed E-state index contributed by atoms with van der Waals surface area (Å²) in [5.74, 6) is 4.05.